The fourth-order valence-electron chi connectivity index (χ4n) is 3.71. The molecule has 6 nitrogen and oxygen atoms in total. The molecule has 0 bridgehead atoms. The van der Waals surface area contributed by atoms with E-state index in [1.807, 2.05) is 36.9 Å². The average Bonchev–Trinajstić information content (AvgIpc) is 3.20. The van der Waals surface area contributed by atoms with Gasteiger partial charge in [0.05, 0.1) is 5.92 Å². The second-order valence-electron chi connectivity index (χ2n) is 7.25. The molecule has 0 saturated carbocycles. The van der Waals surface area contributed by atoms with E-state index in [9.17, 15) is 14.4 Å². The first-order valence-electron chi connectivity index (χ1n) is 9.39. The van der Waals surface area contributed by atoms with E-state index in [0.717, 1.165) is 36.2 Å². The number of likely N-dealkylation sites (tertiary alicyclic amines) is 1. The zero-order valence-corrected chi connectivity index (χ0v) is 15.6. The largest absolute Gasteiger partial charge is 0.356 e. The van der Waals surface area contributed by atoms with Crippen LogP contribution in [-0.2, 0) is 14.4 Å². The number of carbonyl (C=O) groups is 3. The number of nitrogens with one attached hydrogen (secondary N) is 1. The molecule has 3 amide bonds. The lowest BCUT2D eigenvalue weighted by Gasteiger charge is -2.20. The lowest BCUT2D eigenvalue weighted by Crippen LogP contribution is -2.35. The Labute approximate surface area is 154 Å². The predicted molar refractivity (Wildman–Crippen MR) is 99.8 cm³/mol. The lowest BCUT2D eigenvalue weighted by molar-refractivity contribution is -0.127. The number of benzene rings is 1. The Bertz CT molecular complexity index is 716. The standard InChI is InChI=1S/C20H27N3O3/c1-14-6-3-7-17(15(14)2)23-13-16(12-19(23)25)20(26)21-9-5-11-22-10-4-8-18(22)24/h3,6-7,16H,4-5,8-13H2,1-2H3,(H,21,26). The second-order valence-corrected chi connectivity index (χ2v) is 7.25. The van der Waals surface area contributed by atoms with Gasteiger partial charge >= 0.3 is 0 Å². The van der Waals surface area contributed by atoms with Gasteiger partial charge in [-0.3, -0.25) is 14.4 Å². The maximum Gasteiger partial charge on any atom is 0.227 e. The SMILES string of the molecule is Cc1cccc(N2CC(C(=O)NCCCN3CCCC3=O)CC2=O)c1C. The van der Waals surface area contributed by atoms with E-state index in [1.165, 1.54) is 0 Å². The van der Waals surface area contributed by atoms with E-state index in [0.29, 0.717) is 26.1 Å². The van der Waals surface area contributed by atoms with Gasteiger partial charge in [-0.05, 0) is 43.9 Å². The molecule has 1 atom stereocenters. The van der Waals surface area contributed by atoms with Crippen molar-refractivity contribution in [2.45, 2.75) is 39.5 Å². The first-order valence-corrected chi connectivity index (χ1v) is 9.39. The van der Waals surface area contributed by atoms with Crippen molar-refractivity contribution >= 4 is 23.4 Å². The molecule has 2 aliphatic heterocycles. The number of amides is 3. The highest BCUT2D eigenvalue weighted by molar-refractivity contribution is 6.00. The molecule has 1 N–H and O–H groups in total. The summed E-state index contributed by atoms with van der Waals surface area (Å²) in [6.45, 7) is 6.52. The van der Waals surface area contributed by atoms with E-state index >= 15 is 0 Å². The molecule has 3 rings (SSSR count). The Morgan fingerprint density at radius 1 is 1.23 bits per heavy atom. The molecule has 1 aromatic carbocycles. The number of hydrogen-bond donors (Lipinski definition) is 1. The van der Waals surface area contributed by atoms with Gasteiger partial charge < -0.3 is 15.1 Å². The number of rotatable bonds is 6. The second kappa shape index (κ2) is 7.89. The van der Waals surface area contributed by atoms with Gasteiger partial charge in [0.2, 0.25) is 17.7 Å². The zero-order valence-electron chi connectivity index (χ0n) is 15.6. The highest BCUT2D eigenvalue weighted by atomic mass is 16.2. The Morgan fingerprint density at radius 3 is 2.77 bits per heavy atom. The first-order chi connectivity index (χ1) is 12.5. The summed E-state index contributed by atoms with van der Waals surface area (Å²) in [6, 6.07) is 5.90. The maximum absolute atomic E-state index is 12.4. The molecule has 2 fully saturated rings. The number of hydrogen-bond acceptors (Lipinski definition) is 3. The molecule has 1 unspecified atom stereocenters. The average molecular weight is 357 g/mol. The first kappa shape index (κ1) is 18.4. The molecule has 0 spiro atoms. The third kappa shape index (κ3) is 3.89. The van der Waals surface area contributed by atoms with Gasteiger partial charge in [-0.15, -0.1) is 0 Å². The van der Waals surface area contributed by atoms with Crippen LogP contribution in [0.1, 0.15) is 36.8 Å². The summed E-state index contributed by atoms with van der Waals surface area (Å²) in [5, 5.41) is 2.93. The summed E-state index contributed by atoms with van der Waals surface area (Å²) < 4.78 is 0. The van der Waals surface area contributed by atoms with E-state index in [1.54, 1.807) is 4.90 Å². The van der Waals surface area contributed by atoms with Crippen LogP contribution in [0.5, 0.6) is 0 Å². The van der Waals surface area contributed by atoms with Crippen LogP contribution >= 0.6 is 0 Å². The lowest BCUT2D eigenvalue weighted by atomic mass is 10.1. The van der Waals surface area contributed by atoms with Crippen molar-refractivity contribution in [2.24, 2.45) is 5.92 Å². The molecule has 0 radical (unpaired) electrons. The van der Waals surface area contributed by atoms with Crippen molar-refractivity contribution in [1.82, 2.24) is 10.2 Å². The fraction of sp³-hybridized carbons (Fsp3) is 0.550. The van der Waals surface area contributed by atoms with E-state index in [2.05, 4.69) is 5.32 Å². The normalized spacial score (nSPS) is 20.2. The van der Waals surface area contributed by atoms with E-state index in [-0.39, 0.29) is 30.1 Å². The van der Waals surface area contributed by atoms with Gasteiger partial charge in [0.1, 0.15) is 0 Å². The summed E-state index contributed by atoms with van der Waals surface area (Å²) in [7, 11) is 0. The van der Waals surface area contributed by atoms with Crippen LogP contribution in [-0.4, -0.2) is 48.8 Å². The molecular weight excluding hydrogens is 330 g/mol. The molecule has 2 heterocycles. The van der Waals surface area contributed by atoms with Crippen molar-refractivity contribution in [1.29, 1.82) is 0 Å². The van der Waals surface area contributed by atoms with E-state index in [4.69, 9.17) is 0 Å². The quantitative estimate of drug-likeness (QED) is 0.789. The molecule has 2 aliphatic rings. The minimum Gasteiger partial charge on any atom is -0.356 e. The van der Waals surface area contributed by atoms with Crippen LogP contribution in [0, 0.1) is 19.8 Å². The van der Waals surface area contributed by atoms with Crippen molar-refractivity contribution in [3.8, 4) is 0 Å². The molecule has 2 saturated heterocycles. The minimum atomic E-state index is -0.309. The van der Waals surface area contributed by atoms with Gasteiger partial charge in [0.15, 0.2) is 0 Å². The molecule has 0 aromatic heterocycles. The van der Waals surface area contributed by atoms with Crippen LogP contribution in [0.2, 0.25) is 0 Å². The summed E-state index contributed by atoms with van der Waals surface area (Å²) in [5.41, 5.74) is 3.12. The van der Waals surface area contributed by atoms with Gasteiger partial charge in [0.25, 0.3) is 0 Å². The molecule has 0 aliphatic carbocycles. The van der Waals surface area contributed by atoms with Gasteiger partial charge in [-0.25, -0.2) is 0 Å². The summed E-state index contributed by atoms with van der Waals surface area (Å²) in [5.74, 6) is -0.168. The topological polar surface area (TPSA) is 69.7 Å². The Hall–Kier alpha value is -2.37. The minimum absolute atomic E-state index is 0.00140. The third-order valence-corrected chi connectivity index (χ3v) is 5.44. The summed E-state index contributed by atoms with van der Waals surface area (Å²) >= 11 is 0. The van der Waals surface area contributed by atoms with Gasteiger partial charge in [-0.1, -0.05) is 12.1 Å². The van der Waals surface area contributed by atoms with Crippen LogP contribution in [0.4, 0.5) is 5.69 Å². The van der Waals surface area contributed by atoms with Gasteiger partial charge in [-0.2, -0.15) is 0 Å². The van der Waals surface area contributed by atoms with Crippen LogP contribution < -0.4 is 10.2 Å². The summed E-state index contributed by atoms with van der Waals surface area (Å²) in [6.07, 6.45) is 2.58. The predicted octanol–water partition coefficient (Wildman–Crippen LogP) is 1.79. The van der Waals surface area contributed by atoms with Crippen molar-refractivity contribution in [3.05, 3.63) is 29.3 Å². The van der Waals surface area contributed by atoms with Crippen LogP contribution in [0.15, 0.2) is 18.2 Å². The van der Waals surface area contributed by atoms with Crippen LogP contribution in [0.3, 0.4) is 0 Å². The van der Waals surface area contributed by atoms with Crippen molar-refractivity contribution in [3.63, 3.8) is 0 Å². The Balaban J connectivity index is 1.49. The van der Waals surface area contributed by atoms with Gasteiger partial charge in [0, 0.05) is 44.7 Å². The number of aryl methyl sites for hydroxylation is 1. The highest BCUT2D eigenvalue weighted by Gasteiger charge is 2.35. The third-order valence-electron chi connectivity index (χ3n) is 5.44. The van der Waals surface area contributed by atoms with E-state index < -0.39 is 0 Å². The monoisotopic (exact) mass is 357 g/mol. The number of carbonyl (C=O) groups excluding carboxylic acids is 3. The zero-order chi connectivity index (χ0) is 18.7. The number of anilines is 1. The van der Waals surface area contributed by atoms with Crippen molar-refractivity contribution in [2.75, 3.05) is 31.1 Å². The molecule has 6 heteroatoms. The van der Waals surface area contributed by atoms with Crippen LogP contribution in [0.25, 0.3) is 0 Å². The molecule has 1 aromatic rings. The Kier molecular flexibility index (Phi) is 5.59. The molecular formula is C20H27N3O3. The molecule has 26 heavy (non-hydrogen) atoms. The highest BCUT2D eigenvalue weighted by Crippen LogP contribution is 2.29. The fourth-order valence-corrected chi connectivity index (χ4v) is 3.71. The smallest absolute Gasteiger partial charge is 0.227 e. The number of nitrogens with zero attached hydrogens (tertiary/aromatic N) is 2. The summed E-state index contributed by atoms with van der Waals surface area (Å²) in [4.78, 5) is 40.0. The molecule has 140 valence electrons. The van der Waals surface area contributed by atoms with Crippen molar-refractivity contribution < 1.29 is 14.4 Å². The maximum atomic E-state index is 12.4. The Morgan fingerprint density at radius 2 is 2.04 bits per heavy atom.